The van der Waals surface area contributed by atoms with Crippen LogP contribution >= 0.6 is 11.8 Å². The molecule has 4 aromatic rings. The van der Waals surface area contributed by atoms with Crippen LogP contribution in [0.3, 0.4) is 0 Å². The lowest BCUT2D eigenvalue weighted by molar-refractivity contribution is -0.119. The zero-order valence-electron chi connectivity index (χ0n) is 18.5. The van der Waals surface area contributed by atoms with Crippen molar-refractivity contribution >= 4 is 17.7 Å². The molecule has 1 unspecified atom stereocenters. The molecule has 0 radical (unpaired) electrons. The number of hydrogen-bond donors (Lipinski definition) is 1. The molecule has 0 bridgehead atoms. The van der Waals surface area contributed by atoms with Crippen LogP contribution in [0.4, 0.5) is 0 Å². The van der Waals surface area contributed by atoms with Gasteiger partial charge in [-0.2, -0.15) is 0 Å². The van der Waals surface area contributed by atoms with Crippen LogP contribution in [0.15, 0.2) is 78.2 Å². The van der Waals surface area contributed by atoms with Gasteiger partial charge in [0.1, 0.15) is 17.7 Å². The first-order valence-electron chi connectivity index (χ1n) is 11.1. The molecule has 2 aromatic carbocycles. The Balaban J connectivity index is 1.31. The van der Waals surface area contributed by atoms with E-state index in [1.54, 1.807) is 6.20 Å². The van der Waals surface area contributed by atoms with E-state index in [-0.39, 0.29) is 17.7 Å². The topological polar surface area (TPSA) is 77.6 Å². The highest BCUT2D eigenvalue weighted by Gasteiger charge is 2.30. The maximum atomic E-state index is 13.0. The zero-order valence-corrected chi connectivity index (χ0v) is 19.3. The Kier molecular flexibility index (Phi) is 6.26. The standard InChI is InChI=1S/C25H26N6OS/c1-30-15-14-26-24(30)22(19-10-6-3-7-11-19)27-21(32)17-33-25-29-28-23(20-12-13-20)31(25)16-18-8-4-2-5-9-18/h2-11,14-15,20,22H,12-13,16-17H2,1H3,(H,27,32). The summed E-state index contributed by atoms with van der Waals surface area (Å²) in [5.41, 5.74) is 2.19. The lowest BCUT2D eigenvalue weighted by Crippen LogP contribution is -2.32. The van der Waals surface area contributed by atoms with Crippen LogP contribution in [0.5, 0.6) is 0 Å². The zero-order chi connectivity index (χ0) is 22.6. The molecule has 168 valence electrons. The van der Waals surface area contributed by atoms with Crippen molar-refractivity contribution in [3.8, 4) is 0 Å². The number of aromatic nitrogens is 5. The molecule has 1 atom stereocenters. The minimum absolute atomic E-state index is 0.0703. The molecule has 1 aliphatic carbocycles. The molecule has 33 heavy (non-hydrogen) atoms. The second-order valence-electron chi connectivity index (χ2n) is 8.28. The number of imidazole rings is 1. The normalized spacial score (nSPS) is 14.2. The fraction of sp³-hybridized carbons (Fsp3) is 0.280. The van der Waals surface area contributed by atoms with E-state index in [0.29, 0.717) is 12.5 Å². The molecular formula is C25H26N6OS. The lowest BCUT2D eigenvalue weighted by Gasteiger charge is -2.19. The van der Waals surface area contributed by atoms with E-state index in [1.807, 2.05) is 66.3 Å². The summed E-state index contributed by atoms with van der Waals surface area (Å²) >= 11 is 1.43. The predicted molar refractivity (Wildman–Crippen MR) is 128 cm³/mol. The smallest absolute Gasteiger partial charge is 0.231 e. The Labute approximate surface area is 197 Å². The maximum Gasteiger partial charge on any atom is 0.231 e. The van der Waals surface area contributed by atoms with Crippen molar-refractivity contribution in [2.45, 2.75) is 36.5 Å². The van der Waals surface area contributed by atoms with Gasteiger partial charge in [0.05, 0.1) is 12.3 Å². The van der Waals surface area contributed by atoms with E-state index in [4.69, 9.17) is 0 Å². The molecule has 5 rings (SSSR count). The van der Waals surface area contributed by atoms with Gasteiger partial charge in [0.25, 0.3) is 0 Å². The van der Waals surface area contributed by atoms with Crippen LogP contribution in [-0.2, 0) is 18.4 Å². The highest BCUT2D eigenvalue weighted by atomic mass is 32.2. The Bertz CT molecular complexity index is 1220. The van der Waals surface area contributed by atoms with E-state index >= 15 is 0 Å². The van der Waals surface area contributed by atoms with Gasteiger partial charge in [-0.05, 0) is 24.0 Å². The van der Waals surface area contributed by atoms with Gasteiger partial charge in [-0.3, -0.25) is 4.79 Å². The van der Waals surface area contributed by atoms with Crippen LogP contribution in [0, 0.1) is 0 Å². The largest absolute Gasteiger partial charge is 0.341 e. The molecule has 0 saturated heterocycles. The first-order chi connectivity index (χ1) is 16.2. The number of rotatable bonds is 9. The second kappa shape index (κ2) is 9.62. The molecule has 8 heteroatoms. The monoisotopic (exact) mass is 458 g/mol. The highest BCUT2D eigenvalue weighted by Crippen LogP contribution is 2.40. The van der Waals surface area contributed by atoms with Crippen molar-refractivity contribution in [1.82, 2.24) is 29.6 Å². The summed E-state index contributed by atoms with van der Waals surface area (Å²) in [6.45, 7) is 0.712. The molecule has 1 fully saturated rings. The number of amides is 1. The van der Waals surface area contributed by atoms with Crippen molar-refractivity contribution in [3.63, 3.8) is 0 Å². The minimum Gasteiger partial charge on any atom is -0.341 e. The third-order valence-electron chi connectivity index (χ3n) is 5.76. The summed E-state index contributed by atoms with van der Waals surface area (Å²) in [4.78, 5) is 17.5. The maximum absolute atomic E-state index is 13.0. The van der Waals surface area contributed by atoms with Gasteiger partial charge >= 0.3 is 0 Å². The average Bonchev–Trinajstić information content (AvgIpc) is 3.48. The molecule has 1 aliphatic rings. The molecule has 2 aromatic heterocycles. The van der Waals surface area contributed by atoms with E-state index in [9.17, 15) is 4.79 Å². The van der Waals surface area contributed by atoms with E-state index in [2.05, 4.69) is 37.2 Å². The third kappa shape index (κ3) is 5.01. The van der Waals surface area contributed by atoms with E-state index in [1.165, 1.54) is 17.3 Å². The van der Waals surface area contributed by atoms with Gasteiger partial charge in [-0.15, -0.1) is 10.2 Å². The van der Waals surface area contributed by atoms with Crippen LogP contribution in [0.1, 0.15) is 47.6 Å². The summed E-state index contributed by atoms with van der Waals surface area (Å²) in [5, 5.41) is 12.8. The van der Waals surface area contributed by atoms with Crippen molar-refractivity contribution in [2.75, 3.05) is 5.75 Å². The van der Waals surface area contributed by atoms with Crippen molar-refractivity contribution in [3.05, 3.63) is 95.8 Å². The minimum atomic E-state index is -0.316. The third-order valence-corrected chi connectivity index (χ3v) is 6.73. The average molecular weight is 459 g/mol. The summed E-state index contributed by atoms with van der Waals surface area (Å²) in [6, 6.07) is 19.9. The van der Waals surface area contributed by atoms with Gasteiger partial charge in [-0.1, -0.05) is 72.4 Å². The quantitative estimate of drug-likeness (QED) is 0.385. The Morgan fingerprint density at radius 1 is 1.09 bits per heavy atom. The van der Waals surface area contributed by atoms with Crippen LogP contribution < -0.4 is 5.32 Å². The first-order valence-corrected chi connectivity index (χ1v) is 12.1. The Hall–Kier alpha value is -3.39. The number of hydrogen-bond acceptors (Lipinski definition) is 5. The van der Waals surface area contributed by atoms with Crippen molar-refractivity contribution in [1.29, 1.82) is 0 Å². The number of carbonyl (C=O) groups is 1. The molecule has 0 spiro atoms. The van der Waals surface area contributed by atoms with Crippen LogP contribution in [-0.4, -0.2) is 36.0 Å². The SMILES string of the molecule is Cn1ccnc1C(NC(=O)CSc1nnc(C2CC2)n1Cc1ccccc1)c1ccccc1. The highest BCUT2D eigenvalue weighted by molar-refractivity contribution is 7.99. The molecule has 7 nitrogen and oxygen atoms in total. The number of carbonyl (C=O) groups excluding carboxylic acids is 1. The summed E-state index contributed by atoms with van der Waals surface area (Å²) < 4.78 is 4.10. The van der Waals surface area contributed by atoms with Gasteiger partial charge in [-0.25, -0.2) is 4.98 Å². The van der Waals surface area contributed by atoms with Gasteiger partial charge < -0.3 is 14.5 Å². The summed E-state index contributed by atoms with van der Waals surface area (Å²) in [6.07, 6.45) is 5.94. The Morgan fingerprint density at radius 3 is 2.48 bits per heavy atom. The fourth-order valence-corrected chi connectivity index (χ4v) is 4.65. The number of aryl methyl sites for hydroxylation is 1. The van der Waals surface area contributed by atoms with Gasteiger partial charge in [0, 0.05) is 25.4 Å². The van der Waals surface area contributed by atoms with Crippen molar-refractivity contribution < 1.29 is 4.79 Å². The molecule has 2 heterocycles. The fourth-order valence-electron chi connectivity index (χ4n) is 3.90. The van der Waals surface area contributed by atoms with Gasteiger partial charge in [0.2, 0.25) is 5.91 Å². The van der Waals surface area contributed by atoms with E-state index < -0.39 is 0 Å². The summed E-state index contributed by atoms with van der Waals surface area (Å²) in [7, 11) is 1.94. The molecule has 0 aliphatic heterocycles. The number of benzene rings is 2. The van der Waals surface area contributed by atoms with Crippen molar-refractivity contribution in [2.24, 2.45) is 7.05 Å². The number of nitrogens with zero attached hydrogens (tertiary/aromatic N) is 5. The van der Waals surface area contributed by atoms with E-state index in [0.717, 1.165) is 35.2 Å². The number of thioether (sulfide) groups is 1. The lowest BCUT2D eigenvalue weighted by atomic mass is 10.1. The molecule has 1 amide bonds. The molecular weight excluding hydrogens is 432 g/mol. The first kappa shape index (κ1) is 21.5. The van der Waals surface area contributed by atoms with Crippen LogP contribution in [0.2, 0.25) is 0 Å². The Morgan fingerprint density at radius 2 is 1.82 bits per heavy atom. The molecule has 1 N–H and O–H groups in total. The van der Waals surface area contributed by atoms with Gasteiger partial charge in [0.15, 0.2) is 5.16 Å². The van der Waals surface area contributed by atoms with Crippen LogP contribution in [0.25, 0.3) is 0 Å². The predicted octanol–water partition coefficient (Wildman–Crippen LogP) is 3.94. The molecule has 1 saturated carbocycles. The number of nitrogens with one attached hydrogen (secondary N) is 1. The summed E-state index contributed by atoms with van der Waals surface area (Å²) in [5.74, 6) is 2.49. The second-order valence-corrected chi connectivity index (χ2v) is 9.23.